The fourth-order valence-corrected chi connectivity index (χ4v) is 3.33. The van der Waals surface area contributed by atoms with Crippen molar-refractivity contribution in [2.24, 2.45) is 4.99 Å². The summed E-state index contributed by atoms with van der Waals surface area (Å²) >= 11 is 1.91. The SMILES string of the molecule is CCNC(=NCc1ccccc1N1CCOCC1)NCCCCSC. The number of ether oxygens (including phenoxy) is 1. The smallest absolute Gasteiger partial charge is 0.191 e. The number of thioether (sulfide) groups is 1. The van der Waals surface area contributed by atoms with Crippen LogP contribution in [0.4, 0.5) is 5.69 Å². The van der Waals surface area contributed by atoms with Gasteiger partial charge in [0, 0.05) is 31.9 Å². The fourth-order valence-electron chi connectivity index (χ4n) is 2.84. The van der Waals surface area contributed by atoms with Gasteiger partial charge < -0.3 is 20.3 Å². The van der Waals surface area contributed by atoms with Gasteiger partial charge in [0.2, 0.25) is 0 Å². The van der Waals surface area contributed by atoms with Crippen LogP contribution in [0.1, 0.15) is 25.3 Å². The first kappa shape index (κ1) is 19.9. The molecule has 0 saturated carbocycles. The van der Waals surface area contributed by atoms with E-state index >= 15 is 0 Å². The highest BCUT2D eigenvalue weighted by Crippen LogP contribution is 2.22. The topological polar surface area (TPSA) is 48.9 Å². The lowest BCUT2D eigenvalue weighted by Crippen LogP contribution is -2.38. The molecule has 0 unspecified atom stereocenters. The molecule has 2 rings (SSSR count). The zero-order valence-electron chi connectivity index (χ0n) is 15.6. The van der Waals surface area contributed by atoms with Gasteiger partial charge in [-0.25, -0.2) is 4.99 Å². The Hall–Kier alpha value is -1.40. The van der Waals surface area contributed by atoms with Crippen LogP contribution in [0.5, 0.6) is 0 Å². The number of guanidine groups is 1. The highest BCUT2D eigenvalue weighted by atomic mass is 32.2. The van der Waals surface area contributed by atoms with Crippen LogP contribution >= 0.6 is 11.8 Å². The zero-order chi connectivity index (χ0) is 17.7. The van der Waals surface area contributed by atoms with Gasteiger partial charge in [-0.15, -0.1) is 0 Å². The van der Waals surface area contributed by atoms with E-state index in [-0.39, 0.29) is 0 Å². The summed E-state index contributed by atoms with van der Waals surface area (Å²) in [5.41, 5.74) is 2.55. The molecule has 1 aromatic carbocycles. The number of benzene rings is 1. The molecule has 140 valence electrons. The zero-order valence-corrected chi connectivity index (χ0v) is 16.4. The van der Waals surface area contributed by atoms with E-state index < -0.39 is 0 Å². The normalized spacial score (nSPS) is 15.3. The second-order valence-corrected chi connectivity index (χ2v) is 7.04. The Morgan fingerprint density at radius 1 is 1.20 bits per heavy atom. The van der Waals surface area contributed by atoms with E-state index in [1.165, 1.54) is 29.8 Å². The van der Waals surface area contributed by atoms with Crippen molar-refractivity contribution in [2.45, 2.75) is 26.3 Å². The van der Waals surface area contributed by atoms with Crippen LogP contribution in [0.3, 0.4) is 0 Å². The maximum Gasteiger partial charge on any atom is 0.191 e. The number of hydrogen-bond donors (Lipinski definition) is 2. The van der Waals surface area contributed by atoms with Gasteiger partial charge >= 0.3 is 0 Å². The molecule has 1 saturated heterocycles. The van der Waals surface area contributed by atoms with Crippen LogP contribution in [-0.2, 0) is 11.3 Å². The number of nitrogens with one attached hydrogen (secondary N) is 2. The van der Waals surface area contributed by atoms with Gasteiger partial charge in [0.05, 0.1) is 19.8 Å². The van der Waals surface area contributed by atoms with Crippen LogP contribution in [0.25, 0.3) is 0 Å². The van der Waals surface area contributed by atoms with Crippen LogP contribution in [0, 0.1) is 0 Å². The Labute approximate surface area is 156 Å². The Morgan fingerprint density at radius 2 is 2.00 bits per heavy atom. The number of morpholine rings is 1. The molecule has 0 amide bonds. The van der Waals surface area contributed by atoms with Gasteiger partial charge in [-0.2, -0.15) is 11.8 Å². The van der Waals surface area contributed by atoms with E-state index in [2.05, 4.69) is 53.0 Å². The van der Waals surface area contributed by atoms with Crippen molar-refractivity contribution in [3.8, 4) is 0 Å². The van der Waals surface area contributed by atoms with Crippen molar-refractivity contribution in [3.63, 3.8) is 0 Å². The Balaban J connectivity index is 1.94. The summed E-state index contributed by atoms with van der Waals surface area (Å²) in [5, 5.41) is 6.79. The summed E-state index contributed by atoms with van der Waals surface area (Å²) in [6.07, 6.45) is 4.58. The molecule has 0 spiro atoms. The van der Waals surface area contributed by atoms with Crippen LogP contribution < -0.4 is 15.5 Å². The molecular formula is C19H32N4OS. The van der Waals surface area contributed by atoms with Gasteiger partial charge in [-0.3, -0.25) is 0 Å². The van der Waals surface area contributed by atoms with Gasteiger partial charge in [-0.1, -0.05) is 18.2 Å². The summed E-state index contributed by atoms with van der Waals surface area (Å²) in [5.74, 6) is 2.13. The van der Waals surface area contributed by atoms with Crippen molar-refractivity contribution < 1.29 is 4.74 Å². The lowest BCUT2D eigenvalue weighted by molar-refractivity contribution is 0.122. The number of hydrogen-bond acceptors (Lipinski definition) is 4. The Bertz CT molecular complexity index is 518. The quantitative estimate of drug-likeness (QED) is 0.401. The van der Waals surface area contributed by atoms with Crippen LogP contribution in [0.2, 0.25) is 0 Å². The highest BCUT2D eigenvalue weighted by Gasteiger charge is 2.14. The molecule has 1 fully saturated rings. The van der Waals surface area contributed by atoms with E-state index in [1.54, 1.807) is 0 Å². The fraction of sp³-hybridized carbons (Fsp3) is 0.632. The van der Waals surface area contributed by atoms with Crippen molar-refractivity contribution in [1.29, 1.82) is 0 Å². The molecule has 1 aliphatic heterocycles. The monoisotopic (exact) mass is 364 g/mol. The van der Waals surface area contributed by atoms with Crippen molar-refractivity contribution in [3.05, 3.63) is 29.8 Å². The Morgan fingerprint density at radius 3 is 2.76 bits per heavy atom. The van der Waals surface area contributed by atoms with Crippen molar-refractivity contribution in [2.75, 3.05) is 56.3 Å². The molecule has 2 N–H and O–H groups in total. The van der Waals surface area contributed by atoms with E-state index in [0.717, 1.165) is 45.4 Å². The molecule has 0 aliphatic carbocycles. The first-order chi connectivity index (χ1) is 12.3. The molecule has 1 aliphatic rings. The number of para-hydroxylation sites is 1. The molecule has 1 aromatic rings. The molecule has 0 bridgehead atoms. The second-order valence-electron chi connectivity index (χ2n) is 6.05. The Kier molecular flexibility index (Phi) is 9.59. The third-order valence-corrected chi connectivity index (χ3v) is 4.86. The van der Waals surface area contributed by atoms with Crippen molar-refractivity contribution >= 4 is 23.4 Å². The number of nitrogens with zero attached hydrogens (tertiary/aromatic N) is 2. The number of rotatable bonds is 9. The third kappa shape index (κ3) is 7.16. The summed E-state index contributed by atoms with van der Waals surface area (Å²) < 4.78 is 5.47. The summed E-state index contributed by atoms with van der Waals surface area (Å²) in [7, 11) is 0. The molecular weight excluding hydrogens is 332 g/mol. The molecule has 0 aromatic heterocycles. The average molecular weight is 365 g/mol. The molecule has 5 nitrogen and oxygen atoms in total. The van der Waals surface area contributed by atoms with Crippen LogP contribution in [0.15, 0.2) is 29.3 Å². The minimum absolute atomic E-state index is 0.688. The number of aliphatic imine (C=N–C) groups is 1. The summed E-state index contributed by atoms with van der Waals surface area (Å²) in [6, 6.07) is 8.57. The van der Waals surface area contributed by atoms with Crippen LogP contribution in [-0.4, -0.2) is 57.4 Å². The number of unbranched alkanes of at least 4 members (excludes halogenated alkanes) is 1. The van der Waals surface area contributed by atoms with E-state index in [4.69, 9.17) is 9.73 Å². The van der Waals surface area contributed by atoms with Gasteiger partial charge in [-0.05, 0) is 43.4 Å². The van der Waals surface area contributed by atoms with E-state index in [1.807, 2.05) is 11.8 Å². The van der Waals surface area contributed by atoms with E-state index in [9.17, 15) is 0 Å². The third-order valence-electron chi connectivity index (χ3n) is 4.16. The first-order valence-corrected chi connectivity index (χ1v) is 10.7. The largest absolute Gasteiger partial charge is 0.378 e. The maximum absolute atomic E-state index is 5.47. The minimum Gasteiger partial charge on any atom is -0.378 e. The van der Waals surface area contributed by atoms with E-state index in [0.29, 0.717) is 6.54 Å². The maximum atomic E-state index is 5.47. The predicted molar refractivity (Wildman–Crippen MR) is 110 cm³/mol. The minimum atomic E-state index is 0.688. The molecule has 0 radical (unpaired) electrons. The van der Waals surface area contributed by atoms with Crippen molar-refractivity contribution in [1.82, 2.24) is 10.6 Å². The van der Waals surface area contributed by atoms with Gasteiger partial charge in [0.15, 0.2) is 5.96 Å². The highest BCUT2D eigenvalue weighted by molar-refractivity contribution is 7.98. The van der Waals surface area contributed by atoms with Gasteiger partial charge in [0.25, 0.3) is 0 Å². The molecule has 1 heterocycles. The molecule has 25 heavy (non-hydrogen) atoms. The number of anilines is 1. The lowest BCUT2D eigenvalue weighted by atomic mass is 10.1. The predicted octanol–water partition coefficient (Wildman–Crippen LogP) is 2.72. The lowest BCUT2D eigenvalue weighted by Gasteiger charge is -2.30. The molecule has 6 heteroatoms. The first-order valence-electron chi connectivity index (χ1n) is 9.27. The second kappa shape index (κ2) is 12.0. The van der Waals surface area contributed by atoms with Gasteiger partial charge in [0.1, 0.15) is 0 Å². The standard InChI is InChI=1S/C19H32N4OS/c1-3-20-19(21-10-6-7-15-25-2)22-16-17-8-4-5-9-18(17)23-11-13-24-14-12-23/h4-5,8-9H,3,6-7,10-16H2,1-2H3,(H2,20,21,22). The summed E-state index contributed by atoms with van der Waals surface area (Å²) in [4.78, 5) is 7.19. The summed E-state index contributed by atoms with van der Waals surface area (Å²) in [6.45, 7) is 8.15. The molecule has 0 atom stereocenters. The average Bonchev–Trinajstić information content (AvgIpc) is 2.67.